The number of nitrogens with zero attached hydrogens (tertiary/aromatic N) is 2. The van der Waals surface area contributed by atoms with Crippen molar-refractivity contribution >= 4 is 0 Å². The molecule has 3 heteroatoms. The summed E-state index contributed by atoms with van der Waals surface area (Å²) in [4.78, 5) is 8.98. The van der Waals surface area contributed by atoms with Crippen LogP contribution in [0.15, 0.2) is 6.07 Å². The standard InChI is InChI=1S/C12H21N3/c1-5-13-8-11-7-10(4)14-12(15-11)6-9(2)3/h7,9,13H,5-6,8H2,1-4H3. The number of aromatic nitrogens is 2. The van der Waals surface area contributed by atoms with Crippen molar-refractivity contribution in [2.24, 2.45) is 5.92 Å². The molecule has 0 atom stereocenters. The zero-order valence-corrected chi connectivity index (χ0v) is 10.2. The molecule has 0 spiro atoms. The zero-order valence-electron chi connectivity index (χ0n) is 10.2. The van der Waals surface area contributed by atoms with Gasteiger partial charge in [0.25, 0.3) is 0 Å². The fourth-order valence-electron chi connectivity index (χ4n) is 1.50. The van der Waals surface area contributed by atoms with Gasteiger partial charge in [0.2, 0.25) is 0 Å². The molecule has 0 saturated carbocycles. The van der Waals surface area contributed by atoms with Crippen LogP contribution in [0.4, 0.5) is 0 Å². The third-order valence-corrected chi connectivity index (χ3v) is 2.10. The summed E-state index contributed by atoms with van der Waals surface area (Å²) in [7, 11) is 0. The lowest BCUT2D eigenvalue weighted by molar-refractivity contribution is 0.610. The molecule has 0 aromatic carbocycles. The molecule has 0 saturated heterocycles. The summed E-state index contributed by atoms with van der Waals surface area (Å²) >= 11 is 0. The molecule has 0 amide bonds. The quantitative estimate of drug-likeness (QED) is 0.803. The fraction of sp³-hybridized carbons (Fsp3) is 0.667. The van der Waals surface area contributed by atoms with E-state index >= 15 is 0 Å². The van der Waals surface area contributed by atoms with Gasteiger partial charge in [-0.1, -0.05) is 20.8 Å². The van der Waals surface area contributed by atoms with Crippen molar-refractivity contribution in [1.82, 2.24) is 15.3 Å². The van der Waals surface area contributed by atoms with Gasteiger partial charge >= 0.3 is 0 Å². The van der Waals surface area contributed by atoms with Gasteiger partial charge in [-0.3, -0.25) is 0 Å². The Labute approximate surface area is 92.3 Å². The molecule has 0 aliphatic heterocycles. The molecule has 0 aliphatic rings. The Morgan fingerprint density at radius 2 is 2.07 bits per heavy atom. The average Bonchev–Trinajstić information content (AvgIpc) is 2.12. The largest absolute Gasteiger partial charge is 0.311 e. The van der Waals surface area contributed by atoms with E-state index in [1.807, 2.05) is 13.0 Å². The van der Waals surface area contributed by atoms with E-state index in [1.165, 1.54) is 0 Å². The number of hydrogen-bond acceptors (Lipinski definition) is 3. The zero-order chi connectivity index (χ0) is 11.3. The van der Waals surface area contributed by atoms with Crippen LogP contribution in [0.5, 0.6) is 0 Å². The average molecular weight is 207 g/mol. The van der Waals surface area contributed by atoms with Gasteiger partial charge in [-0.2, -0.15) is 0 Å². The summed E-state index contributed by atoms with van der Waals surface area (Å²) in [6.45, 7) is 10.3. The van der Waals surface area contributed by atoms with Gasteiger partial charge in [-0.25, -0.2) is 9.97 Å². The van der Waals surface area contributed by atoms with Gasteiger partial charge in [-0.05, 0) is 25.5 Å². The van der Waals surface area contributed by atoms with Crippen LogP contribution in [0.2, 0.25) is 0 Å². The van der Waals surface area contributed by atoms with Crippen LogP contribution in [-0.4, -0.2) is 16.5 Å². The van der Waals surface area contributed by atoms with E-state index in [4.69, 9.17) is 0 Å². The molecule has 0 fully saturated rings. The topological polar surface area (TPSA) is 37.8 Å². The molecular formula is C12H21N3. The Morgan fingerprint density at radius 3 is 2.67 bits per heavy atom. The van der Waals surface area contributed by atoms with Crippen molar-refractivity contribution < 1.29 is 0 Å². The second-order valence-corrected chi connectivity index (χ2v) is 4.30. The van der Waals surface area contributed by atoms with Crippen molar-refractivity contribution in [2.45, 2.75) is 40.7 Å². The van der Waals surface area contributed by atoms with Gasteiger partial charge < -0.3 is 5.32 Å². The van der Waals surface area contributed by atoms with Crippen molar-refractivity contribution in [3.05, 3.63) is 23.3 Å². The number of nitrogens with one attached hydrogen (secondary N) is 1. The molecule has 0 unspecified atom stereocenters. The Kier molecular flexibility index (Phi) is 4.69. The van der Waals surface area contributed by atoms with E-state index in [-0.39, 0.29) is 0 Å². The molecule has 1 N–H and O–H groups in total. The highest BCUT2D eigenvalue weighted by Crippen LogP contribution is 2.06. The lowest BCUT2D eigenvalue weighted by Gasteiger charge is -2.07. The minimum Gasteiger partial charge on any atom is -0.311 e. The van der Waals surface area contributed by atoms with Gasteiger partial charge in [0.1, 0.15) is 5.82 Å². The molecule has 1 aromatic heterocycles. The van der Waals surface area contributed by atoms with Crippen LogP contribution in [0.25, 0.3) is 0 Å². The van der Waals surface area contributed by atoms with E-state index in [9.17, 15) is 0 Å². The SMILES string of the molecule is CCNCc1cc(C)nc(CC(C)C)n1. The highest BCUT2D eigenvalue weighted by Gasteiger charge is 2.04. The first-order valence-corrected chi connectivity index (χ1v) is 5.66. The first kappa shape index (κ1) is 12.1. The monoisotopic (exact) mass is 207 g/mol. The summed E-state index contributed by atoms with van der Waals surface area (Å²) in [6, 6.07) is 2.05. The van der Waals surface area contributed by atoms with Crippen molar-refractivity contribution in [3.8, 4) is 0 Å². The predicted molar refractivity (Wildman–Crippen MR) is 62.7 cm³/mol. The minimum atomic E-state index is 0.610. The van der Waals surface area contributed by atoms with Gasteiger partial charge in [0.15, 0.2) is 0 Å². The summed E-state index contributed by atoms with van der Waals surface area (Å²) in [5.74, 6) is 1.58. The van der Waals surface area contributed by atoms with Gasteiger partial charge in [-0.15, -0.1) is 0 Å². The van der Waals surface area contributed by atoms with Crippen LogP contribution in [0, 0.1) is 12.8 Å². The van der Waals surface area contributed by atoms with Crippen LogP contribution in [0.1, 0.15) is 38.0 Å². The molecule has 1 aromatic rings. The van der Waals surface area contributed by atoms with Gasteiger partial charge in [0.05, 0.1) is 5.69 Å². The Bertz CT molecular complexity index is 308. The second kappa shape index (κ2) is 5.81. The number of rotatable bonds is 5. The van der Waals surface area contributed by atoms with Crippen LogP contribution < -0.4 is 5.32 Å². The van der Waals surface area contributed by atoms with Crippen molar-refractivity contribution in [1.29, 1.82) is 0 Å². The molecule has 15 heavy (non-hydrogen) atoms. The van der Waals surface area contributed by atoms with Crippen molar-refractivity contribution in [3.63, 3.8) is 0 Å². The Morgan fingerprint density at radius 1 is 1.33 bits per heavy atom. The molecule has 0 aliphatic carbocycles. The maximum atomic E-state index is 4.54. The minimum absolute atomic E-state index is 0.610. The molecule has 84 valence electrons. The van der Waals surface area contributed by atoms with E-state index in [1.54, 1.807) is 0 Å². The molecule has 1 rings (SSSR count). The summed E-state index contributed by atoms with van der Waals surface area (Å²) < 4.78 is 0. The van der Waals surface area contributed by atoms with E-state index in [0.717, 1.165) is 36.7 Å². The highest BCUT2D eigenvalue weighted by molar-refractivity contribution is 5.10. The molecule has 0 bridgehead atoms. The normalized spacial score (nSPS) is 11.0. The first-order valence-electron chi connectivity index (χ1n) is 5.66. The van der Waals surface area contributed by atoms with E-state index < -0.39 is 0 Å². The lowest BCUT2D eigenvalue weighted by Crippen LogP contribution is -2.15. The summed E-state index contributed by atoms with van der Waals surface area (Å²) in [5, 5.41) is 3.28. The molecular weight excluding hydrogens is 186 g/mol. The van der Waals surface area contributed by atoms with Crippen molar-refractivity contribution in [2.75, 3.05) is 6.54 Å². The fourth-order valence-corrected chi connectivity index (χ4v) is 1.50. The first-order chi connectivity index (χ1) is 7.11. The molecule has 3 nitrogen and oxygen atoms in total. The van der Waals surface area contributed by atoms with E-state index in [2.05, 4.69) is 36.1 Å². The second-order valence-electron chi connectivity index (χ2n) is 4.30. The number of hydrogen-bond donors (Lipinski definition) is 1. The summed E-state index contributed by atoms with van der Waals surface area (Å²) in [5.41, 5.74) is 2.16. The summed E-state index contributed by atoms with van der Waals surface area (Å²) in [6.07, 6.45) is 0.959. The van der Waals surface area contributed by atoms with Crippen LogP contribution in [-0.2, 0) is 13.0 Å². The lowest BCUT2D eigenvalue weighted by atomic mass is 10.1. The van der Waals surface area contributed by atoms with Crippen LogP contribution in [0.3, 0.4) is 0 Å². The predicted octanol–water partition coefficient (Wildman–Crippen LogP) is 2.09. The van der Waals surface area contributed by atoms with Gasteiger partial charge in [0, 0.05) is 18.7 Å². The molecule has 0 radical (unpaired) electrons. The maximum Gasteiger partial charge on any atom is 0.129 e. The van der Waals surface area contributed by atoms with E-state index in [0.29, 0.717) is 5.92 Å². The maximum absolute atomic E-state index is 4.54. The Balaban J connectivity index is 2.75. The Hall–Kier alpha value is -0.960. The van der Waals surface area contributed by atoms with Crippen LogP contribution >= 0.6 is 0 Å². The smallest absolute Gasteiger partial charge is 0.129 e. The third-order valence-electron chi connectivity index (χ3n) is 2.10. The molecule has 1 heterocycles. The number of aryl methyl sites for hydroxylation is 1. The highest BCUT2D eigenvalue weighted by atomic mass is 14.9. The third kappa shape index (κ3) is 4.38.